The van der Waals surface area contributed by atoms with Crippen LogP contribution in [0.5, 0.6) is 0 Å². The number of carbonyl (C=O) groups excluding carboxylic acids is 2. The number of amides is 3. The van der Waals surface area contributed by atoms with Gasteiger partial charge in [-0.05, 0) is 30.9 Å². The van der Waals surface area contributed by atoms with Crippen LogP contribution in [0, 0.1) is 5.92 Å². The van der Waals surface area contributed by atoms with E-state index in [1.165, 1.54) is 0 Å². The lowest BCUT2D eigenvalue weighted by Gasteiger charge is -2.37. The molecule has 1 aromatic heterocycles. The van der Waals surface area contributed by atoms with Crippen LogP contribution < -0.4 is 11.1 Å². The fourth-order valence-corrected chi connectivity index (χ4v) is 4.23. The van der Waals surface area contributed by atoms with Crippen LogP contribution in [-0.4, -0.2) is 39.2 Å². The van der Waals surface area contributed by atoms with Gasteiger partial charge in [0.2, 0.25) is 0 Å². The predicted molar refractivity (Wildman–Crippen MR) is 107 cm³/mol. The first-order valence-electron chi connectivity index (χ1n) is 9.67. The summed E-state index contributed by atoms with van der Waals surface area (Å²) in [5.41, 5.74) is 7.95. The van der Waals surface area contributed by atoms with Gasteiger partial charge in [0.25, 0.3) is 5.91 Å². The predicted octanol–water partition coefficient (Wildman–Crippen LogP) is 3.02. The molecule has 0 bridgehead atoms. The Bertz CT molecular complexity index is 919. The number of fused-ring (bicyclic) bond motifs is 1. The first-order valence-corrected chi connectivity index (χ1v) is 10.0. The van der Waals surface area contributed by atoms with Gasteiger partial charge in [-0.3, -0.25) is 9.48 Å². The minimum absolute atomic E-state index is 0.0910. The molecule has 0 radical (unpaired) electrons. The number of carbonyl (C=O) groups is 2. The lowest BCUT2D eigenvalue weighted by molar-refractivity contribution is 0.0996. The van der Waals surface area contributed by atoms with Crippen LogP contribution in [0.4, 0.5) is 4.79 Å². The van der Waals surface area contributed by atoms with Gasteiger partial charge in [-0.1, -0.05) is 37.1 Å². The van der Waals surface area contributed by atoms with Gasteiger partial charge in [0.15, 0.2) is 0 Å². The maximum atomic E-state index is 12.7. The molecule has 1 aliphatic heterocycles. The number of halogens is 1. The van der Waals surface area contributed by atoms with Crippen molar-refractivity contribution >= 4 is 23.5 Å². The zero-order valence-corrected chi connectivity index (χ0v) is 16.6. The molecule has 2 heterocycles. The summed E-state index contributed by atoms with van der Waals surface area (Å²) in [7, 11) is 0. The SMILES string of the molecule is CCC1CC(NC(=O)N2CCn3nc(-c4cccc(Cl)c4)c(C(N)=O)c3C2)C1. The number of nitrogens with one attached hydrogen (secondary N) is 1. The molecule has 148 valence electrons. The highest BCUT2D eigenvalue weighted by Crippen LogP contribution is 2.31. The van der Waals surface area contributed by atoms with Crippen molar-refractivity contribution in [2.24, 2.45) is 11.7 Å². The fraction of sp³-hybridized carbons (Fsp3) is 0.450. The van der Waals surface area contributed by atoms with E-state index in [4.69, 9.17) is 17.3 Å². The van der Waals surface area contributed by atoms with Crippen molar-refractivity contribution in [2.75, 3.05) is 6.54 Å². The van der Waals surface area contributed by atoms with Crippen molar-refractivity contribution in [3.63, 3.8) is 0 Å². The Kier molecular flexibility index (Phi) is 5.02. The van der Waals surface area contributed by atoms with Crippen molar-refractivity contribution in [3.8, 4) is 11.3 Å². The third-order valence-corrected chi connectivity index (χ3v) is 5.99. The van der Waals surface area contributed by atoms with Gasteiger partial charge in [0.05, 0.1) is 24.3 Å². The molecule has 0 atom stereocenters. The maximum absolute atomic E-state index is 12.7. The van der Waals surface area contributed by atoms with Crippen molar-refractivity contribution in [1.82, 2.24) is 20.0 Å². The van der Waals surface area contributed by atoms with Crippen LogP contribution in [0.2, 0.25) is 5.02 Å². The Morgan fingerprint density at radius 3 is 2.79 bits per heavy atom. The minimum Gasteiger partial charge on any atom is -0.365 e. The quantitative estimate of drug-likeness (QED) is 0.824. The van der Waals surface area contributed by atoms with E-state index in [1.54, 1.807) is 21.7 Å². The molecule has 4 rings (SSSR count). The van der Waals surface area contributed by atoms with E-state index in [0.29, 0.717) is 41.6 Å². The van der Waals surface area contributed by atoms with Gasteiger partial charge in [-0.25, -0.2) is 4.79 Å². The van der Waals surface area contributed by atoms with Crippen LogP contribution >= 0.6 is 11.6 Å². The third kappa shape index (κ3) is 3.46. The van der Waals surface area contributed by atoms with Crippen LogP contribution in [-0.2, 0) is 13.1 Å². The largest absolute Gasteiger partial charge is 0.365 e. The van der Waals surface area contributed by atoms with E-state index in [2.05, 4.69) is 17.3 Å². The molecule has 1 saturated carbocycles. The summed E-state index contributed by atoms with van der Waals surface area (Å²) in [6.07, 6.45) is 3.24. The molecular weight excluding hydrogens is 378 g/mol. The van der Waals surface area contributed by atoms with E-state index in [0.717, 1.165) is 30.7 Å². The van der Waals surface area contributed by atoms with Gasteiger partial charge in [0, 0.05) is 23.2 Å². The Labute approximate surface area is 168 Å². The summed E-state index contributed by atoms with van der Waals surface area (Å²) in [5, 5.41) is 8.25. The lowest BCUT2D eigenvalue weighted by Crippen LogP contribution is -2.51. The molecule has 0 saturated heterocycles. The van der Waals surface area contributed by atoms with E-state index in [1.807, 2.05) is 12.1 Å². The molecule has 28 heavy (non-hydrogen) atoms. The van der Waals surface area contributed by atoms with Gasteiger partial charge >= 0.3 is 6.03 Å². The topological polar surface area (TPSA) is 93.2 Å². The second kappa shape index (κ2) is 7.47. The highest BCUT2D eigenvalue weighted by molar-refractivity contribution is 6.30. The number of nitrogens with zero attached hydrogens (tertiary/aromatic N) is 3. The zero-order chi connectivity index (χ0) is 19.8. The summed E-state index contributed by atoms with van der Waals surface area (Å²) in [5.74, 6) is 0.165. The summed E-state index contributed by atoms with van der Waals surface area (Å²) in [4.78, 5) is 26.6. The number of hydrogen-bond donors (Lipinski definition) is 2. The third-order valence-electron chi connectivity index (χ3n) is 5.75. The fourth-order valence-electron chi connectivity index (χ4n) is 4.04. The van der Waals surface area contributed by atoms with Crippen molar-refractivity contribution < 1.29 is 9.59 Å². The monoisotopic (exact) mass is 401 g/mol. The first-order chi connectivity index (χ1) is 13.5. The summed E-state index contributed by atoms with van der Waals surface area (Å²) in [6.45, 7) is 3.54. The number of aromatic nitrogens is 2. The van der Waals surface area contributed by atoms with Crippen molar-refractivity contribution in [1.29, 1.82) is 0 Å². The Morgan fingerprint density at radius 1 is 1.32 bits per heavy atom. The maximum Gasteiger partial charge on any atom is 0.318 e. The van der Waals surface area contributed by atoms with Crippen LogP contribution in [0.1, 0.15) is 42.2 Å². The van der Waals surface area contributed by atoms with E-state index < -0.39 is 5.91 Å². The highest BCUT2D eigenvalue weighted by Gasteiger charge is 2.33. The number of hydrogen-bond acceptors (Lipinski definition) is 3. The van der Waals surface area contributed by atoms with Crippen LogP contribution in [0.15, 0.2) is 24.3 Å². The lowest BCUT2D eigenvalue weighted by atomic mass is 9.79. The molecule has 0 spiro atoms. The van der Waals surface area contributed by atoms with Crippen LogP contribution in [0.3, 0.4) is 0 Å². The van der Waals surface area contributed by atoms with E-state index in [9.17, 15) is 9.59 Å². The molecule has 8 heteroatoms. The number of primary amides is 1. The molecule has 2 aliphatic rings. The number of nitrogens with two attached hydrogens (primary N) is 1. The molecule has 3 N–H and O–H groups in total. The van der Waals surface area contributed by atoms with Gasteiger partial charge in [-0.2, -0.15) is 5.10 Å². The van der Waals surface area contributed by atoms with Gasteiger partial charge in [-0.15, -0.1) is 0 Å². The van der Waals surface area contributed by atoms with Gasteiger partial charge in [0.1, 0.15) is 5.69 Å². The zero-order valence-electron chi connectivity index (χ0n) is 15.8. The Morgan fingerprint density at radius 2 is 2.11 bits per heavy atom. The van der Waals surface area contributed by atoms with E-state index in [-0.39, 0.29) is 12.1 Å². The summed E-state index contributed by atoms with van der Waals surface area (Å²) >= 11 is 6.09. The molecule has 1 aromatic carbocycles. The highest BCUT2D eigenvalue weighted by atomic mass is 35.5. The molecule has 7 nitrogen and oxygen atoms in total. The smallest absolute Gasteiger partial charge is 0.318 e. The number of benzene rings is 1. The second-order valence-corrected chi connectivity index (χ2v) is 8.02. The van der Waals surface area contributed by atoms with Gasteiger partial charge < -0.3 is 16.0 Å². The average Bonchev–Trinajstić information content (AvgIpc) is 3.03. The Balaban J connectivity index is 1.56. The van der Waals surface area contributed by atoms with Crippen molar-refractivity contribution in [3.05, 3.63) is 40.5 Å². The van der Waals surface area contributed by atoms with E-state index >= 15 is 0 Å². The molecule has 0 unspecified atom stereocenters. The normalized spacial score (nSPS) is 21.0. The second-order valence-electron chi connectivity index (χ2n) is 7.58. The molecule has 3 amide bonds. The molecule has 2 aromatic rings. The average molecular weight is 402 g/mol. The molecule has 1 fully saturated rings. The summed E-state index contributed by atoms with van der Waals surface area (Å²) < 4.78 is 1.77. The van der Waals surface area contributed by atoms with Crippen molar-refractivity contribution in [2.45, 2.75) is 45.3 Å². The number of urea groups is 1. The minimum atomic E-state index is -0.553. The Hall–Kier alpha value is -2.54. The van der Waals surface area contributed by atoms with Crippen LogP contribution in [0.25, 0.3) is 11.3 Å². The standard InChI is InChI=1S/C20H24ClN5O2/c1-2-12-8-15(9-12)23-20(28)25-6-7-26-16(11-25)17(19(22)27)18(24-26)13-4-3-5-14(21)10-13/h3-5,10,12,15H,2,6-9,11H2,1H3,(H2,22,27)(H,23,28). The number of rotatable bonds is 4. The first kappa shape index (κ1) is 18.8. The molecule has 1 aliphatic carbocycles. The summed E-state index contributed by atoms with van der Waals surface area (Å²) in [6, 6.07) is 7.34. The molecular formula is C20H24ClN5O2.